The maximum atomic E-state index is 11.6. The van der Waals surface area contributed by atoms with Gasteiger partial charge in [0.15, 0.2) is 5.78 Å². The van der Waals surface area contributed by atoms with Crippen molar-refractivity contribution in [2.45, 2.75) is 12.8 Å². The van der Waals surface area contributed by atoms with Gasteiger partial charge in [0.25, 0.3) is 0 Å². The minimum atomic E-state index is 0.0139. The van der Waals surface area contributed by atoms with E-state index in [9.17, 15) is 9.90 Å². The lowest BCUT2D eigenvalue weighted by Crippen LogP contribution is -2.01. The summed E-state index contributed by atoms with van der Waals surface area (Å²) in [5.41, 5.74) is 0.356. The highest BCUT2D eigenvalue weighted by molar-refractivity contribution is 6.31. The van der Waals surface area contributed by atoms with E-state index in [4.69, 9.17) is 11.6 Å². The zero-order chi connectivity index (χ0) is 9.42. The first-order valence-corrected chi connectivity index (χ1v) is 4.59. The third kappa shape index (κ3) is 1.68. The van der Waals surface area contributed by atoms with Crippen LogP contribution in [0.15, 0.2) is 18.2 Å². The van der Waals surface area contributed by atoms with Gasteiger partial charge in [0.2, 0.25) is 0 Å². The van der Waals surface area contributed by atoms with Crippen molar-refractivity contribution in [3.63, 3.8) is 0 Å². The summed E-state index contributed by atoms with van der Waals surface area (Å²) in [6.45, 7) is 0. The Hall–Kier alpha value is -1.02. The number of aromatic hydroxyl groups is 1. The predicted octanol–water partition coefficient (Wildman–Crippen LogP) is 2.64. The number of hydrogen-bond donors (Lipinski definition) is 1. The Morgan fingerprint density at radius 1 is 1.46 bits per heavy atom. The number of carbonyl (C=O) groups excluding carboxylic acids is 1. The number of phenols is 1. The summed E-state index contributed by atoms with van der Waals surface area (Å²) >= 11 is 5.72. The molecule has 1 aliphatic rings. The van der Waals surface area contributed by atoms with Crippen LogP contribution in [-0.4, -0.2) is 10.9 Å². The number of hydrogen-bond acceptors (Lipinski definition) is 2. The molecule has 0 aromatic heterocycles. The van der Waals surface area contributed by atoms with Crippen molar-refractivity contribution >= 4 is 17.4 Å². The van der Waals surface area contributed by atoms with Crippen molar-refractivity contribution < 1.29 is 9.90 Å². The number of Topliss-reactive ketones (excluding diaryl/α,β-unsaturated/α-hetero) is 1. The van der Waals surface area contributed by atoms with Gasteiger partial charge in [-0.05, 0) is 31.0 Å². The summed E-state index contributed by atoms with van der Waals surface area (Å²) in [6, 6.07) is 4.55. The topological polar surface area (TPSA) is 37.3 Å². The SMILES string of the molecule is O=C(c1cc(Cl)ccc1O)C1CC1. The van der Waals surface area contributed by atoms with Crippen LogP contribution >= 0.6 is 11.6 Å². The van der Waals surface area contributed by atoms with Crippen LogP contribution < -0.4 is 0 Å². The molecule has 0 amide bonds. The first-order chi connectivity index (χ1) is 6.18. The third-order valence-electron chi connectivity index (χ3n) is 2.17. The molecule has 0 unspecified atom stereocenters. The smallest absolute Gasteiger partial charge is 0.169 e. The molecule has 1 saturated carbocycles. The first kappa shape index (κ1) is 8.57. The predicted molar refractivity (Wildman–Crippen MR) is 50.2 cm³/mol. The van der Waals surface area contributed by atoms with E-state index in [-0.39, 0.29) is 17.5 Å². The number of carbonyl (C=O) groups is 1. The molecule has 0 atom stereocenters. The molecule has 2 nitrogen and oxygen atoms in total. The lowest BCUT2D eigenvalue weighted by Gasteiger charge is -2.02. The van der Waals surface area contributed by atoms with Crippen molar-refractivity contribution in [2.24, 2.45) is 5.92 Å². The molecule has 1 fully saturated rings. The van der Waals surface area contributed by atoms with Crippen molar-refractivity contribution in [2.75, 3.05) is 0 Å². The number of phenolic OH excluding ortho intramolecular Hbond substituents is 1. The van der Waals surface area contributed by atoms with E-state index in [1.54, 1.807) is 6.07 Å². The lowest BCUT2D eigenvalue weighted by atomic mass is 10.1. The molecule has 0 spiro atoms. The molecule has 1 N–H and O–H groups in total. The van der Waals surface area contributed by atoms with Crippen LogP contribution in [0.5, 0.6) is 5.75 Å². The standard InChI is InChI=1S/C10H9ClO2/c11-7-3-4-9(12)8(5-7)10(13)6-1-2-6/h3-6,12H,1-2H2. The fraction of sp³-hybridized carbons (Fsp3) is 0.300. The molecule has 68 valence electrons. The normalized spacial score (nSPS) is 15.8. The highest BCUT2D eigenvalue weighted by atomic mass is 35.5. The van der Waals surface area contributed by atoms with Crippen LogP contribution in [-0.2, 0) is 0 Å². The van der Waals surface area contributed by atoms with Gasteiger partial charge >= 0.3 is 0 Å². The molecular formula is C10H9ClO2. The summed E-state index contributed by atoms with van der Waals surface area (Å²) in [6.07, 6.45) is 1.87. The highest BCUT2D eigenvalue weighted by Gasteiger charge is 2.31. The molecule has 0 heterocycles. The first-order valence-electron chi connectivity index (χ1n) is 4.21. The average Bonchev–Trinajstić information content (AvgIpc) is 2.91. The van der Waals surface area contributed by atoms with E-state index in [1.165, 1.54) is 12.1 Å². The molecule has 13 heavy (non-hydrogen) atoms. The summed E-state index contributed by atoms with van der Waals surface area (Å²) in [4.78, 5) is 11.6. The van der Waals surface area contributed by atoms with Gasteiger partial charge in [-0.3, -0.25) is 4.79 Å². The van der Waals surface area contributed by atoms with E-state index >= 15 is 0 Å². The number of ketones is 1. The molecule has 0 saturated heterocycles. The Labute approximate surface area is 81.1 Å². The molecular weight excluding hydrogens is 188 g/mol. The van der Waals surface area contributed by atoms with Gasteiger partial charge in [0.05, 0.1) is 5.56 Å². The maximum absolute atomic E-state index is 11.6. The minimum absolute atomic E-state index is 0.0139. The van der Waals surface area contributed by atoms with Crippen LogP contribution in [0.3, 0.4) is 0 Å². The number of benzene rings is 1. The second-order valence-electron chi connectivity index (χ2n) is 3.30. The molecule has 0 aliphatic heterocycles. The molecule has 0 radical (unpaired) electrons. The van der Waals surface area contributed by atoms with E-state index in [0.29, 0.717) is 10.6 Å². The Balaban J connectivity index is 2.37. The van der Waals surface area contributed by atoms with Gasteiger partial charge < -0.3 is 5.11 Å². The molecule has 2 rings (SSSR count). The Morgan fingerprint density at radius 2 is 2.15 bits per heavy atom. The van der Waals surface area contributed by atoms with E-state index in [2.05, 4.69) is 0 Å². The van der Waals surface area contributed by atoms with Crippen LogP contribution in [0.1, 0.15) is 23.2 Å². The number of rotatable bonds is 2. The van der Waals surface area contributed by atoms with E-state index in [1.807, 2.05) is 0 Å². The van der Waals surface area contributed by atoms with Gasteiger partial charge in [-0.15, -0.1) is 0 Å². The molecule has 0 bridgehead atoms. The van der Waals surface area contributed by atoms with Gasteiger partial charge in [-0.1, -0.05) is 11.6 Å². The molecule has 1 aromatic carbocycles. The van der Waals surface area contributed by atoms with Crippen molar-refractivity contribution in [1.82, 2.24) is 0 Å². The quantitative estimate of drug-likeness (QED) is 0.739. The largest absolute Gasteiger partial charge is 0.507 e. The van der Waals surface area contributed by atoms with Gasteiger partial charge in [-0.2, -0.15) is 0 Å². The summed E-state index contributed by atoms with van der Waals surface area (Å²) in [5, 5.41) is 9.89. The Kier molecular flexibility index (Phi) is 2.00. The second-order valence-corrected chi connectivity index (χ2v) is 3.74. The third-order valence-corrected chi connectivity index (χ3v) is 2.41. The molecule has 3 heteroatoms. The van der Waals surface area contributed by atoms with Gasteiger partial charge in [0, 0.05) is 10.9 Å². The summed E-state index contributed by atoms with van der Waals surface area (Å²) < 4.78 is 0. The number of halogens is 1. The fourth-order valence-corrected chi connectivity index (χ4v) is 1.44. The van der Waals surface area contributed by atoms with Crippen LogP contribution in [0, 0.1) is 5.92 Å². The van der Waals surface area contributed by atoms with Crippen molar-refractivity contribution in [1.29, 1.82) is 0 Å². The van der Waals surface area contributed by atoms with E-state index in [0.717, 1.165) is 12.8 Å². The summed E-state index contributed by atoms with van der Waals surface area (Å²) in [7, 11) is 0. The average molecular weight is 197 g/mol. The van der Waals surface area contributed by atoms with Gasteiger partial charge in [0.1, 0.15) is 5.75 Å². The molecule has 1 aromatic rings. The Bertz CT molecular complexity index is 356. The van der Waals surface area contributed by atoms with Crippen LogP contribution in [0.4, 0.5) is 0 Å². The zero-order valence-corrected chi connectivity index (χ0v) is 7.71. The fourth-order valence-electron chi connectivity index (χ4n) is 1.27. The van der Waals surface area contributed by atoms with Crippen LogP contribution in [0.25, 0.3) is 0 Å². The molecule has 1 aliphatic carbocycles. The lowest BCUT2D eigenvalue weighted by molar-refractivity contribution is 0.0965. The van der Waals surface area contributed by atoms with E-state index < -0.39 is 0 Å². The van der Waals surface area contributed by atoms with Crippen molar-refractivity contribution in [3.8, 4) is 5.75 Å². The Morgan fingerprint density at radius 3 is 2.77 bits per heavy atom. The maximum Gasteiger partial charge on any atom is 0.169 e. The highest BCUT2D eigenvalue weighted by Crippen LogP contribution is 2.35. The summed E-state index contributed by atoms with van der Waals surface area (Å²) in [5.74, 6) is 0.158. The van der Waals surface area contributed by atoms with Crippen LogP contribution in [0.2, 0.25) is 5.02 Å². The zero-order valence-electron chi connectivity index (χ0n) is 6.96. The second kappa shape index (κ2) is 3.04. The van der Waals surface area contributed by atoms with Gasteiger partial charge in [-0.25, -0.2) is 0 Å². The monoisotopic (exact) mass is 196 g/mol. The minimum Gasteiger partial charge on any atom is -0.507 e. The van der Waals surface area contributed by atoms with Crippen molar-refractivity contribution in [3.05, 3.63) is 28.8 Å².